The molecule has 2 aromatic rings. The van der Waals surface area contributed by atoms with Gasteiger partial charge in [-0.05, 0) is 69.6 Å². The smallest absolute Gasteiger partial charge is 0.227 e. The van der Waals surface area contributed by atoms with E-state index in [1.165, 1.54) is 18.4 Å². The first kappa shape index (κ1) is 21.8. The van der Waals surface area contributed by atoms with Gasteiger partial charge in [0.25, 0.3) is 0 Å². The Kier molecular flexibility index (Phi) is 4.89. The number of nitrogens with zero attached hydrogens (tertiary/aromatic N) is 3. The maximum atomic E-state index is 13.2. The lowest BCUT2D eigenvalue weighted by Gasteiger charge is -2.59. The van der Waals surface area contributed by atoms with Gasteiger partial charge in [-0.25, -0.2) is 4.98 Å². The minimum absolute atomic E-state index is 0.0655. The lowest BCUT2D eigenvalue weighted by molar-refractivity contribution is 0.0619. The molecule has 3 heterocycles. The van der Waals surface area contributed by atoms with Crippen molar-refractivity contribution in [3.8, 4) is 0 Å². The SMILES string of the molecule is CC1(C)Cc2nc(N3CC4(CC(c5ccc(Cl)cc5)C4)C3)nc(NC3(CO)CCC3)c2[S@]1=O. The highest BCUT2D eigenvalue weighted by molar-refractivity contribution is 7.87. The molecular weight excluding hydrogens is 456 g/mol. The molecule has 6 rings (SSSR count). The van der Waals surface area contributed by atoms with Gasteiger partial charge in [0.2, 0.25) is 5.95 Å². The lowest BCUT2D eigenvalue weighted by atomic mass is 9.56. The molecule has 2 saturated carbocycles. The van der Waals surface area contributed by atoms with Crippen molar-refractivity contribution in [1.82, 2.24) is 9.97 Å². The number of aromatic nitrogens is 2. The fourth-order valence-corrected chi connectivity index (χ4v) is 7.62. The van der Waals surface area contributed by atoms with Crippen LogP contribution >= 0.6 is 11.6 Å². The summed E-state index contributed by atoms with van der Waals surface area (Å²) in [6.07, 6.45) is 5.96. The fourth-order valence-electron chi connectivity index (χ4n) is 6.07. The molecule has 3 fully saturated rings. The molecule has 2 aliphatic carbocycles. The molecule has 2 aliphatic heterocycles. The summed E-state index contributed by atoms with van der Waals surface area (Å²) in [6.45, 7) is 6.06. The highest BCUT2D eigenvalue weighted by Gasteiger charge is 2.54. The van der Waals surface area contributed by atoms with Gasteiger partial charge in [0, 0.05) is 29.9 Å². The van der Waals surface area contributed by atoms with Crippen LogP contribution in [0, 0.1) is 5.41 Å². The van der Waals surface area contributed by atoms with Crippen LogP contribution in [0.3, 0.4) is 0 Å². The zero-order valence-corrected chi connectivity index (χ0v) is 20.8. The summed E-state index contributed by atoms with van der Waals surface area (Å²) in [6, 6.07) is 8.26. The Morgan fingerprint density at radius 3 is 2.48 bits per heavy atom. The predicted molar refractivity (Wildman–Crippen MR) is 132 cm³/mol. The Hall–Kier alpha value is -1.70. The summed E-state index contributed by atoms with van der Waals surface area (Å²) in [5.74, 6) is 2.01. The van der Waals surface area contributed by atoms with E-state index in [2.05, 4.69) is 22.3 Å². The van der Waals surface area contributed by atoms with Gasteiger partial charge in [0.05, 0.1) is 33.4 Å². The number of anilines is 2. The Morgan fingerprint density at radius 1 is 1.18 bits per heavy atom. The van der Waals surface area contributed by atoms with Gasteiger partial charge in [0.15, 0.2) is 0 Å². The van der Waals surface area contributed by atoms with E-state index in [9.17, 15) is 9.32 Å². The van der Waals surface area contributed by atoms with Crippen molar-refractivity contribution in [2.24, 2.45) is 5.41 Å². The lowest BCUT2D eigenvalue weighted by Crippen LogP contribution is -2.62. The van der Waals surface area contributed by atoms with Crippen molar-refractivity contribution < 1.29 is 9.32 Å². The second-order valence-electron chi connectivity index (χ2n) is 11.3. The summed E-state index contributed by atoms with van der Waals surface area (Å²) < 4.78 is 12.9. The molecule has 1 atom stereocenters. The molecule has 1 saturated heterocycles. The average molecular weight is 487 g/mol. The van der Waals surface area contributed by atoms with Gasteiger partial charge in [-0.2, -0.15) is 4.98 Å². The molecular formula is C25H31ClN4O2S. The summed E-state index contributed by atoms with van der Waals surface area (Å²) in [4.78, 5) is 12.8. The van der Waals surface area contributed by atoms with E-state index < -0.39 is 10.8 Å². The maximum Gasteiger partial charge on any atom is 0.227 e. The third-order valence-corrected chi connectivity index (χ3v) is 10.4. The maximum absolute atomic E-state index is 13.2. The molecule has 1 aromatic heterocycles. The number of aliphatic hydroxyl groups excluding tert-OH is 1. The van der Waals surface area contributed by atoms with Crippen molar-refractivity contribution in [3.63, 3.8) is 0 Å². The quantitative estimate of drug-likeness (QED) is 0.656. The molecule has 176 valence electrons. The van der Waals surface area contributed by atoms with Crippen LogP contribution in [-0.4, -0.2) is 49.3 Å². The third kappa shape index (κ3) is 3.50. The molecule has 2 N–H and O–H groups in total. The first-order chi connectivity index (χ1) is 15.7. The van der Waals surface area contributed by atoms with Crippen LogP contribution in [0.4, 0.5) is 11.8 Å². The summed E-state index contributed by atoms with van der Waals surface area (Å²) >= 11 is 6.04. The van der Waals surface area contributed by atoms with Crippen LogP contribution in [0.2, 0.25) is 5.02 Å². The highest BCUT2D eigenvalue weighted by Crippen LogP contribution is 2.56. The second kappa shape index (κ2) is 7.40. The Balaban J connectivity index is 1.22. The number of aliphatic hydroxyl groups is 1. The molecule has 0 amide bonds. The molecule has 4 aliphatic rings. The normalized spacial score (nSPS) is 26.3. The van der Waals surface area contributed by atoms with E-state index in [1.54, 1.807) is 0 Å². The minimum atomic E-state index is -1.17. The summed E-state index contributed by atoms with van der Waals surface area (Å²) in [7, 11) is -1.17. The summed E-state index contributed by atoms with van der Waals surface area (Å²) in [5, 5.41) is 14.3. The summed E-state index contributed by atoms with van der Waals surface area (Å²) in [5.41, 5.74) is 2.28. The number of fused-ring (bicyclic) bond motifs is 1. The van der Waals surface area contributed by atoms with Gasteiger partial charge in [-0.1, -0.05) is 23.7 Å². The molecule has 0 radical (unpaired) electrons. The number of nitrogens with one attached hydrogen (secondary N) is 1. The monoisotopic (exact) mass is 486 g/mol. The number of hydrogen-bond donors (Lipinski definition) is 2. The Labute approximate surface area is 202 Å². The van der Waals surface area contributed by atoms with E-state index >= 15 is 0 Å². The van der Waals surface area contributed by atoms with E-state index in [1.807, 2.05) is 26.0 Å². The van der Waals surface area contributed by atoms with Crippen LogP contribution in [0.5, 0.6) is 0 Å². The largest absolute Gasteiger partial charge is 0.394 e. The van der Waals surface area contributed by atoms with E-state index in [4.69, 9.17) is 21.6 Å². The molecule has 8 heteroatoms. The number of benzene rings is 1. The molecule has 1 spiro atoms. The van der Waals surface area contributed by atoms with Crippen LogP contribution in [0.15, 0.2) is 29.2 Å². The fraction of sp³-hybridized carbons (Fsp3) is 0.600. The number of rotatable bonds is 5. The van der Waals surface area contributed by atoms with Crippen molar-refractivity contribution in [2.75, 3.05) is 29.9 Å². The molecule has 33 heavy (non-hydrogen) atoms. The number of hydrogen-bond acceptors (Lipinski definition) is 6. The first-order valence-corrected chi connectivity index (χ1v) is 13.5. The Bertz CT molecular complexity index is 1110. The van der Waals surface area contributed by atoms with Gasteiger partial charge < -0.3 is 15.3 Å². The van der Waals surface area contributed by atoms with Crippen molar-refractivity contribution >= 4 is 34.2 Å². The van der Waals surface area contributed by atoms with Crippen molar-refractivity contribution in [1.29, 1.82) is 0 Å². The standard InChI is InChI=1S/C25H31ClN4O2S/c1-23(2)12-19-20(33(23)32)21(29-25(15-31)8-3-9-25)28-22(27-19)30-13-24(14-30)10-17(11-24)16-4-6-18(26)7-5-16/h4-7,17,31H,3,8-15H2,1-2H3,(H,27,28,29)/t33-/m1/s1. The zero-order valence-electron chi connectivity index (χ0n) is 19.2. The zero-order chi connectivity index (χ0) is 23.0. The first-order valence-electron chi connectivity index (χ1n) is 11.9. The minimum Gasteiger partial charge on any atom is -0.394 e. The van der Waals surface area contributed by atoms with E-state index in [-0.39, 0.29) is 16.9 Å². The van der Waals surface area contributed by atoms with Crippen LogP contribution in [-0.2, 0) is 17.2 Å². The van der Waals surface area contributed by atoms with Gasteiger partial charge in [-0.15, -0.1) is 0 Å². The van der Waals surface area contributed by atoms with Crippen molar-refractivity contribution in [2.45, 2.75) is 73.5 Å². The molecule has 6 nitrogen and oxygen atoms in total. The van der Waals surface area contributed by atoms with Crippen LogP contribution in [0.25, 0.3) is 0 Å². The molecule has 0 unspecified atom stereocenters. The highest BCUT2D eigenvalue weighted by atomic mass is 35.5. The number of halogens is 1. The molecule has 1 aromatic carbocycles. The average Bonchev–Trinajstić information content (AvgIpc) is 2.92. The topological polar surface area (TPSA) is 78.3 Å². The second-order valence-corrected chi connectivity index (χ2v) is 13.8. The van der Waals surface area contributed by atoms with Gasteiger partial charge >= 0.3 is 0 Å². The van der Waals surface area contributed by atoms with Crippen LogP contribution < -0.4 is 10.2 Å². The Morgan fingerprint density at radius 2 is 1.88 bits per heavy atom. The van der Waals surface area contributed by atoms with E-state index in [0.29, 0.717) is 23.6 Å². The van der Waals surface area contributed by atoms with Gasteiger partial charge in [-0.3, -0.25) is 4.21 Å². The van der Waals surface area contributed by atoms with E-state index in [0.717, 1.165) is 53.9 Å². The van der Waals surface area contributed by atoms with Crippen molar-refractivity contribution in [3.05, 3.63) is 40.5 Å². The third-order valence-electron chi connectivity index (χ3n) is 8.24. The van der Waals surface area contributed by atoms with Gasteiger partial charge in [0.1, 0.15) is 10.7 Å². The predicted octanol–water partition coefficient (Wildman–Crippen LogP) is 4.28. The van der Waals surface area contributed by atoms with Crippen LogP contribution in [0.1, 0.15) is 63.1 Å². The molecule has 0 bridgehead atoms.